The average Bonchev–Trinajstić information content (AvgIpc) is 3.28. The van der Waals surface area contributed by atoms with Crippen LogP contribution < -0.4 is 19.5 Å². The van der Waals surface area contributed by atoms with E-state index in [1.165, 1.54) is 18.4 Å². The van der Waals surface area contributed by atoms with Crippen LogP contribution in [-0.4, -0.2) is 33.4 Å². The van der Waals surface area contributed by atoms with E-state index in [4.69, 9.17) is 14.2 Å². The topological polar surface area (TPSA) is 39.7 Å². The Labute approximate surface area is 127 Å². The maximum atomic E-state index is 5.81. The molecule has 0 aromatic heterocycles. The fraction of sp³-hybridized carbons (Fsp3) is 0.647. The van der Waals surface area contributed by atoms with Crippen LogP contribution in [0.4, 0.5) is 0 Å². The van der Waals surface area contributed by atoms with E-state index >= 15 is 0 Å². The summed E-state index contributed by atoms with van der Waals surface area (Å²) >= 11 is 0. The molecule has 4 nitrogen and oxygen atoms in total. The molecule has 1 N–H and O–H groups in total. The van der Waals surface area contributed by atoms with Crippen LogP contribution in [0.15, 0.2) is 12.1 Å². The van der Waals surface area contributed by atoms with Gasteiger partial charge in [-0.1, -0.05) is 0 Å². The minimum Gasteiger partial charge on any atom is -0.493 e. The highest BCUT2D eigenvalue weighted by atomic mass is 16.5. The molecule has 1 aromatic carbocycles. The van der Waals surface area contributed by atoms with E-state index in [0.29, 0.717) is 5.75 Å². The van der Waals surface area contributed by atoms with Crippen LogP contribution in [0.25, 0.3) is 0 Å². The number of methoxy groups -OCH3 is 2. The van der Waals surface area contributed by atoms with Crippen molar-refractivity contribution >= 4 is 0 Å². The van der Waals surface area contributed by atoms with E-state index in [9.17, 15) is 0 Å². The first kappa shape index (κ1) is 16.0. The second kappa shape index (κ2) is 7.55. The third-order valence-corrected chi connectivity index (χ3v) is 3.59. The van der Waals surface area contributed by atoms with Gasteiger partial charge in [0.25, 0.3) is 0 Å². The fourth-order valence-electron chi connectivity index (χ4n) is 2.29. The molecular formula is C17H27NO3. The number of rotatable bonds is 9. The van der Waals surface area contributed by atoms with Crippen LogP contribution in [0.1, 0.15) is 32.3 Å². The maximum Gasteiger partial charge on any atom is 0.203 e. The van der Waals surface area contributed by atoms with E-state index in [0.717, 1.165) is 36.9 Å². The monoisotopic (exact) mass is 293 g/mol. The molecule has 21 heavy (non-hydrogen) atoms. The summed E-state index contributed by atoms with van der Waals surface area (Å²) in [6.45, 7) is 6.11. The molecule has 0 aliphatic heterocycles. The van der Waals surface area contributed by atoms with Gasteiger partial charge in [0.15, 0.2) is 11.5 Å². The maximum absolute atomic E-state index is 5.81. The Morgan fingerprint density at radius 3 is 2.24 bits per heavy atom. The average molecular weight is 293 g/mol. The lowest BCUT2D eigenvalue weighted by Gasteiger charge is -2.18. The molecule has 0 saturated heterocycles. The van der Waals surface area contributed by atoms with Crippen LogP contribution in [0, 0.1) is 5.92 Å². The SMILES string of the molecule is COc1cc(CCNCC2CC2)cc(OC)c1OC(C)C. The highest BCUT2D eigenvalue weighted by molar-refractivity contribution is 5.54. The minimum absolute atomic E-state index is 0.0823. The molecule has 1 saturated carbocycles. The molecule has 0 radical (unpaired) electrons. The zero-order chi connectivity index (χ0) is 15.2. The van der Waals surface area contributed by atoms with Crippen LogP contribution in [0.5, 0.6) is 17.2 Å². The van der Waals surface area contributed by atoms with Gasteiger partial charge in [0, 0.05) is 0 Å². The van der Waals surface area contributed by atoms with Crippen molar-refractivity contribution in [2.75, 3.05) is 27.3 Å². The van der Waals surface area contributed by atoms with Crippen molar-refractivity contribution in [3.63, 3.8) is 0 Å². The number of benzene rings is 1. The van der Waals surface area contributed by atoms with Crippen molar-refractivity contribution in [1.29, 1.82) is 0 Å². The molecular weight excluding hydrogens is 266 g/mol. The normalized spacial score (nSPS) is 14.3. The fourth-order valence-corrected chi connectivity index (χ4v) is 2.29. The van der Waals surface area contributed by atoms with Crippen molar-refractivity contribution in [3.8, 4) is 17.2 Å². The molecule has 1 fully saturated rings. The summed E-state index contributed by atoms with van der Waals surface area (Å²) in [6.07, 6.45) is 3.81. The molecule has 0 unspecified atom stereocenters. The summed E-state index contributed by atoms with van der Waals surface area (Å²) < 4.78 is 16.7. The Kier molecular flexibility index (Phi) is 5.74. The van der Waals surface area contributed by atoms with Gasteiger partial charge in [-0.3, -0.25) is 0 Å². The van der Waals surface area contributed by atoms with Gasteiger partial charge in [-0.25, -0.2) is 0 Å². The molecule has 1 aliphatic carbocycles. The lowest BCUT2D eigenvalue weighted by atomic mass is 10.1. The lowest BCUT2D eigenvalue weighted by Crippen LogP contribution is -2.19. The van der Waals surface area contributed by atoms with E-state index in [1.54, 1.807) is 14.2 Å². The second-order valence-corrected chi connectivity index (χ2v) is 5.89. The molecule has 0 amide bonds. The first-order valence-electron chi connectivity index (χ1n) is 7.76. The Balaban J connectivity index is 2.03. The van der Waals surface area contributed by atoms with Crippen molar-refractivity contribution < 1.29 is 14.2 Å². The largest absolute Gasteiger partial charge is 0.493 e. The lowest BCUT2D eigenvalue weighted by molar-refractivity contribution is 0.218. The quantitative estimate of drug-likeness (QED) is 0.710. The van der Waals surface area contributed by atoms with Crippen LogP contribution >= 0.6 is 0 Å². The minimum atomic E-state index is 0.0823. The number of hydrogen-bond acceptors (Lipinski definition) is 4. The van der Waals surface area contributed by atoms with Gasteiger partial charge in [0.2, 0.25) is 5.75 Å². The first-order chi connectivity index (χ1) is 10.1. The summed E-state index contributed by atoms with van der Waals surface area (Å²) in [4.78, 5) is 0. The molecule has 1 aromatic rings. The Morgan fingerprint density at radius 1 is 1.14 bits per heavy atom. The van der Waals surface area contributed by atoms with Crippen molar-refractivity contribution in [3.05, 3.63) is 17.7 Å². The van der Waals surface area contributed by atoms with Gasteiger partial charge in [-0.15, -0.1) is 0 Å². The highest BCUT2D eigenvalue weighted by Gasteiger charge is 2.20. The third kappa shape index (κ3) is 4.81. The molecule has 0 atom stereocenters. The van der Waals surface area contributed by atoms with Crippen molar-refractivity contribution in [1.82, 2.24) is 5.32 Å². The number of hydrogen-bond donors (Lipinski definition) is 1. The zero-order valence-corrected chi connectivity index (χ0v) is 13.6. The Morgan fingerprint density at radius 2 is 1.76 bits per heavy atom. The van der Waals surface area contributed by atoms with E-state index in [-0.39, 0.29) is 6.10 Å². The third-order valence-electron chi connectivity index (χ3n) is 3.59. The van der Waals surface area contributed by atoms with Crippen LogP contribution in [-0.2, 0) is 6.42 Å². The smallest absolute Gasteiger partial charge is 0.203 e. The molecule has 0 heterocycles. The summed E-state index contributed by atoms with van der Waals surface area (Å²) in [7, 11) is 3.33. The van der Waals surface area contributed by atoms with E-state index < -0.39 is 0 Å². The summed E-state index contributed by atoms with van der Waals surface area (Å²) in [5.74, 6) is 3.07. The first-order valence-corrected chi connectivity index (χ1v) is 7.76. The molecule has 4 heteroatoms. The van der Waals surface area contributed by atoms with Gasteiger partial charge in [-0.2, -0.15) is 0 Å². The molecule has 0 spiro atoms. The summed E-state index contributed by atoms with van der Waals surface area (Å²) in [5.41, 5.74) is 1.20. The van der Waals surface area contributed by atoms with Crippen molar-refractivity contribution in [2.24, 2.45) is 5.92 Å². The summed E-state index contributed by atoms with van der Waals surface area (Å²) in [5, 5.41) is 3.50. The van der Waals surface area contributed by atoms with Crippen LogP contribution in [0.2, 0.25) is 0 Å². The van der Waals surface area contributed by atoms with Gasteiger partial charge in [0.1, 0.15) is 0 Å². The molecule has 1 aliphatic rings. The number of ether oxygens (including phenoxy) is 3. The summed E-state index contributed by atoms with van der Waals surface area (Å²) in [6, 6.07) is 4.08. The highest BCUT2D eigenvalue weighted by Crippen LogP contribution is 2.39. The predicted octanol–water partition coefficient (Wildman–Crippen LogP) is 3.03. The van der Waals surface area contributed by atoms with Crippen LogP contribution in [0.3, 0.4) is 0 Å². The second-order valence-electron chi connectivity index (χ2n) is 5.89. The zero-order valence-electron chi connectivity index (χ0n) is 13.6. The Hall–Kier alpha value is -1.42. The van der Waals surface area contributed by atoms with E-state index in [2.05, 4.69) is 5.32 Å². The van der Waals surface area contributed by atoms with E-state index in [1.807, 2.05) is 26.0 Å². The van der Waals surface area contributed by atoms with Crippen molar-refractivity contribution in [2.45, 2.75) is 39.2 Å². The predicted molar refractivity (Wildman–Crippen MR) is 84.6 cm³/mol. The number of nitrogens with one attached hydrogen (secondary N) is 1. The molecule has 118 valence electrons. The van der Waals surface area contributed by atoms with Gasteiger partial charge < -0.3 is 19.5 Å². The van der Waals surface area contributed by atoms with Gasteiger partial charge >= 0.3 is 0 Å². The molecule has 2 rings (SSSR count). The van der Waals surface area contributed by atoms with Gasteiger partial charge in [-0.05, 0) is 69.8 Å². The standard InChI is InChI=1S/C17H27NO3/c1-12(2)21-17-15(19-3)9-14(10-16(17)20-4)7-8-18-11-13-5-6-13/h9-10,12-13,18H,5-8,11H2,1-4H3. The molecule has 0 bridgehead atoms. The van der Waals surface area contributed by atoms with Gasteiger partial charge in [0.05, 0.1) is 20.3 Å². The Bertz CT molecular complexity index is 430.